The van der Waals surface area contributed by atoms with Gasteiger partial charge in [-0.05, 0) is 61.1 Å². The molecule has 29 heavy (non-hydrogen) atoms. The molecular formula is C26H34O3. The maximum Gasteiger partial charge on any atom is 0.0717 e. The van der Waals surface area contributed by atoms with Gasteiger partial charge in [0.05, 0.1) is 25.4 Å². The summed E-state index contributed by atoms with van der Waals surface area (Å²) in [5.41, 5.74) is 4.57. The molecule has 0 N–H and O–H groups in total. The van der Waals surface area contributed by atoms with Crippen molar-refractivity contribution in [3.05, 3.63) is 83.9 Å². The van der Waals surface area contributed by atoms with Crippen LogP contribution in [0.5, 0.6) is 0 Å². The zero-order chi connectivity index (χ0) is 20.9. The molecule has 0 radical (unpaired) electrons. The first kappa shape index (κ1) is 23.1. The minimum absolute atomic E-state index is 0.161. The maximum absolute atomic E-state index is 6.04. The van der Waals surface area contributed by atoms with Gasteiger partial charge >= 0.3 is 0 Å². The number of ether oxygens (including phenoxy) is 3. The zero-order valence-electron chi connectivity index (χ0n) is 17.8. The Bertz CT molecular complexity index is 690. The van der Waals surface area contributed by atoms with E-state index < -0.39 is 0 Å². The molecule has 2 rings (SSSR count). The highest BCUT2D eigenvalue weighted by Gasteiger charge is 2.09. The number of rotatable bonds is 14. The van der Waals surface area contributed by atoms with E-state index >= 15 is 0 Å². The normalized spacial score (nSPS) is 13.0. The van der Waals surface area contributed by atoms with Crippen LogP contribution in [0.25, 0.3) is 12.2 Å². The lowest BCUT2D eigenvalue weighted by atomic mass is 10.1. The molecular weight excluding hydrogens is 360 g/mol. The van der Waals surface area contributed by atoms with Gasteiger partial charge in [-0.25, -0.2) is 0 Å². The van der Waals surface area contributed by atoms with Crippen LogP contribution in [0.1, 0.15) is 48.9 Å². The highest BCUT2D eigenvalue weighted by Crippen LogP contribution is 2.11. The lowest BCUT2D eigenvalue weighted by Crippen LogP contribution is -2.20. The lowest BCUT2D eigenvalue weighted by molar-refractivity contribution is -0.0290. The fraction of sp³-hybridized carbons (Fsp3) is 0.385. The van der Waals surface area contributed by atoms with Crippen molar-refractivity contribution in [1.29, 1.82) is 0 Å². The smallest absolute Gasteiger partial charge is 0.0717 e. The van der Waals surface area contributed by atoms with E-state index in [0.29, 0.717) is 26.4 Å². The molecule has 0 heterocycles. The molecule has 0 aliphatic rings. The summed E-state index contributed by atoms with van der Waals surface area (Å²) in [5.74, 6) is 0. The van der Waals surface area contributed by atoms with Crippen LogP contribution < -0.4 is 0 Å². The second kappa shape index (κ2) is 13.1. The van der Waals surface area contributed by atoms with Gasteiger partial charge in [0.2, 0.25) is 0 Å². The number of hydrogen-bond donors (Lipinski definition) is 0. The van der Waals surface area contributed by atoms with E-state index in [0.717, 1.165) is 24.0 Å². The Labute approximate surface area is 176 Å². The predicted octanol–water partition coefficient (Wildman–Crippen LogP) is 6.28. The molecule has 0 saturated carbocycles. The molecule has 2 atom stereocenters. The average Bonchev–Trinajstić information content (AvgIpc) is 2.74. The largest absolute Gasteiger partial charge is 0.377 e. The van der Waals surface area contributed by atoms with Gasteiger partial charge in [0.15, 0.2) is 0 Å². The average molecular weight is 395 g/mol. The van der Waals surface area contributed by atoms with Crippen LogP contribution in [-0.2, 0) is 27.4 Å². The van der Waals surface area contributed by atoms with E-state index in [9.17, 15) is 0 Å². The Morgan fingerprint density at radius 3 is 1.62 bits per heavy atom. The van der Waals surface area contributed by atoms with Crippen molar-refractivity contribution >= 4 is 12.2 Å². The van der Waals surface area contributed by atoms with Crippen molar-refractivity contribution in [2.24, 2.45) is 0 Å². The first-order chi connectivity index (χ1) is 14.1. The Morgan fingerprint density at radius 1 is 0.759 bits per heavy atom. The fourth-order valence-electron chi connectivity index (χ4n) is 3.03. The Hall–Kier alpha value is -2.20. The summed E-state index contributed by atoms with van der Waals surface area (Å²) in [7, 11) is 0. The number of hydrogen-bond acceptors (Lipinski definition) is 3. The molecule has 0 aliphatic carbocycles. The van der Waals surface area contributed by atoms with E-state index in [1.165, 1.54) is 11.1 Å². The Balaban J connectivity index is 1.55. The molecule has 2 aromatic carbocycles. The van der Waals surface area contributed by atoms with E-state index in [1.54, 1.807) is 0 Å². The van der Waals surface area contributed by atoms with Gasteiger partial charge < -0.3 is 14.2 Å². The Kier molecular flexibility index (Phi) is 10.4. The summed E-state index contributed by atoms with van der Waals surface area (Å²) in [4.78, 5) is 0. The van der Waals surface area contributed by atoms with E-state index in [4.69, 9.17) is 14.2 Å². The Morgan fingerprint density at radius 2 is 1.21 bits per heavy atom. The van der Waals surface area contributed by atoms with Crippen molar-refractivity contribution in [2.45, 2.75) is 52.1 Å². The van der Waals surface area contributed by atoms with Crippen LogP contribution in [0, 0.1) is 0 Å². The topological polar surface area (TPSA) is 27.7 Å². The molecule has 0 bridgehead atoms. The summed E-state index contributed by atoms with van der Waals surface area (Å²) in [5, 5.41) is 0. The standard InChI is InChI=1S/C26H34O3/c1-5-23-9-7-11-25(17-23)19-27-15-13-21(3)29-22(4)14-16-28-20-26-12-8-10-24(6-2)18-26/h5-12,17-18,21-22H,1-2,13-16,19-20H2,3-4H3. The third-order valence-electron chi connectivity index (χ3n) is 4.71. The van der Waals surface area contributed by atoms with Crippen LogP contribution in [0.4, 0.5) is 0 Å². The minimum Gasteiger partial charge on any atom is -0.377 e. The van der Waals surface area contributed by atoms with E-state index in [-0.39, 0.29) is 12.2 Å². The molecule has 0 spiro atoms. The SMILES string of the molecule is C=Cc1cccc(COCCC(C)OC(C)CCOCc2cccc(C=C)c2)c1. The van der Waals surface area contributed by atoms with Crippen LogP contribution in [0.15, 0.2) is 61.7 Å². The van der Waals surface area contributed by atoms with Gasteiger partial charge in [-0.3, -0.25) is 0 Å². The maximum atomic E-state index is 6.04. The quantitative estimate of drug-likeness (QED) is 0.353. The second-order valence-corrected chi connectivity index (χ2v) is 7.34. The van der Waals surface area contributed by atoms with Crippen LogP contribution >= 0.6 is 0 Å². The molecule has 2 aromatic rings. The predicted molar refractivity (Wildman–Crippen MR) is 122 cm³/mol. The fourth-order valence-corrected chi connectivity index (χ4v) is 3.03. The van der Waals surface area contributed by atoms with Gasteiger partial charge in [0, 0.05) is 13.2 Å². The van der Waals surface area contributed by atoms with Crippen molar-refractivity contribution < 1.29 is 14.2 Å². The number of benzene rings is 2. The molecule has 0 aromatic heterocycles. The molecule has 0 saturated heterocycles. The first-order valence-corrected chi connectivity index (χ1v) is 10.3. The van der Waals surface area contributed by atoms with Gasteiger partial charge in [-0.15, -0.1) is 0 Å². The molecule has 2 unspecified atom stereocenters. The minimum atomic E-state index is 0.161. The molecule has 156 valence electrons. The molecule has 0 aliphatic heterocycles. The molecule has 0 amide bonds. The third-order valence-corrected chi connectivity index (χ3v) is 4.71. The molecule has 0 fully saturated rings. The molecule has 3 heteroatoms. The van der Waals surface area contributed by atoms with Crippen LogP contribution in [-0.4, -0.2) is 25.4 Å². The van der Waals surface area contributed by atoms with Gasteiger partial charge in [0.1, 0.15) is 0 Å². The van der Waals surface area contributed by atoms with Gasteiger partial charge in [-0.2, -0.15) is 0 Å². The molecule has 3 nitrogen and oxygen atoms in total. The van der Waals surface area contributed by atoms with Gasteiger partial charge in [-0.1, -0.05) is 61.7 Å². The summed E-state index contributed by atoms with van der Waals surface area (Å²) in [6.45, 7) is 14.4. The van der Waals surface area contributed by atoms with Crippen LogP contribution in [0.3, 0.4) is 0 Å². The first-order valence-electron chi connectivity index (χ1n) is 10.3. The zero-order valence-corrected chi connectivity index (χ0v) is 17.8. The summed E-state index contributed by atoms with van der Waals surface area (Å²) < 4.78 is 17.6. The summed E-state index contributed by atoms with van der Waals surface area (Å²) in [6, 6.07) is 16.5. The van der Waals surface area contributed by atoms with Crippen molar-refractivity contribution in [3.8, 4) is 0 Å². The summed E-state index contributed by atoms with van der Waals surface area (Å²) in [6.07, 6.45) is 5.77. The lowest BCUT2D eigenvalue weighted by Gasteiger charge is -2.19. The second-order valence-electron chi connectivity index (χ2n) is 7.34. The monoisotopic (exact) mass is 394 g/mol. The van der Waals surface area contributed by atoms with Crippen LogP contribution in [0.2, 0.25) is 0 Å². The third kappa shape index (κ3) is 9.23. The highest BCUT2D eigenvalue weighted by atomic mass is 16.5. The van der Waals surface area contributed by atoms with E-state index in [1.807, 2.05) is 36.4 Å². The van der Waals surface area contributed by atoms with Crippen molar-refractivity contribution in [1.82, 2.24) is 0 Å². The van der Waals surface area contributed by atoms with Crippen molar-refractivity contribution in [2.75, 3.05) is 13.2 Å². The summed E-state index contributed by atoms with van der Waals surface area (Å²) >= 11 is 0. The van der Waals surface area contributed by atoms with Crippen molar-refractivity contribution in [3.63, 3.8) is 0 Å². The highest BCUT2D eigenvalue weighted by molar-refractivity contribution is 5.48. The van der Waals surface area contributed by atoms with Gasteiger partial charge in [0.25, 0.3) is 0 Å². The van der Waals surface area contributed by atoms with E-state index in [2.05, 4.69) is 51.3 Å².